The highest BCUT2D eigenvalue weighted by Crippen LogP contribution is 2.18. The van der Waals surface area contributed by atoms with Crippen LogP contribution in [0.3, 0.4) is 0 Å². The first-order valence-corrected chi connectivity index (χ1v) is 5.79. The molecule has 0 amide bonds. The summed E-state index contributed by atoms with van der Waals surface area (Å²) in [5, 5.41) is 16.8. The van der Waals surface area contributed by atoms with Crippen LogP contribution >= 0.6 is 11.6 Å². The van der Waals surface area contributed by atoms with Crippen LogP contribution in [0.1, 0.15) is 23.8 Å². The number of carbonyl (C=O) groups is 1. The fourth-order valence-corrected chi connectivity index (χ4v) is 1.68. The maximum atomic E-state index is 10.4. The second-order valence-corrected chi connectivity index (χ2v) is 4.16. The highest BCUT2D eigenvalue weighted by atomic mass is 35.5. The molecule has 0 saturated carbocycles. The molecular weight excluding hydrogens is 256 g/mol. The number of hydrogen-bond acceptors (Lipinski definition) is 4. The average Bonchev–Trinajstić information content (AvgIpc) is 2.77. The number of rotatable bonds is 5. The second kappa shape index (κ2) is 5.64. The van der Waals surface area contributed by atoms with E-state index in [1.807, 2.05) is 18.2 Å². The van der Waals surface area contributed by atoms with Crippen LogP contribution in [0.5, 0.6) is 0 Å². The lowest BCUT2D eigenvalue weighted by Crippen LogP contribution is -1.97. The molecule has 2 aromatic rings. The highest BCUT2D eigenvalue weighted by molar-refractivity contribution is 6.31. The number of aliphatic carboxylic acids is 1. The van der Waals surface area contributed by atoms with Gasteiger partial charge in [0.2, 0.25) is 11.8 Å². The van der Waals surface area contributed by atoms with Gasteiger partial charge in [-0.05, 0) is 11.6 Å². The average molecular weight is 267 g/mol. The zero-order chi connectivity index (χ0) is 13.0. The van der Waals surface area contributed by atoms with Crippen molar-refractivity contribution in [1.82, 2.24) is 10.2 Å². The molecule has 1 heterocycles. The predicted octanol–water partition coefficient (Wildman–Crippen LogP) is 2.33. The number of carboxylic acids is 1. The van der Waals surface area contributed by atoms with Gasteiger partial charge in [-0.3, -0.25) is 4.79 Å². The summed E-state index contributed by atoms with van der Waals surface area (Å²) in [5.74, 6) is -0.121. The van der Waals surface area contributed by atoms with E-state index in [1.165, 1.54) is 0 Å². The second-order valence-electron chi connectivity index (χ2n) is 3.75. The number of aromatic nitrogens is 2. The van der Waals surface area contributed by atoms with Gasteiger partial charge in [0, 0.05) is 11.4 Å². The monoisotopic (exact) mass is 266 g/mol. The Morgan fingerprint density at radius 1 is 1.28 bits per heavy atom. The van der Waals surface area contributed by atoms with Crippen LogP contribution < -0.4 is 0 Å². The van der Waals surface area contributed by atoms with Crippen LogP contribution in [0, 0.1) is 0 Å². The van der Waals surface area contributed by atoms with Crippen LogP contribution in [-0.4, -0.2) is 21.3 Å². The third kappa shape index (κ3) is 3.30. The van der Waals surface area contributed by atoms with Gasteiger partial charge in [0.05, 0.1) is 12.8 Å². The van der Waals surface area contributed by atoms with Crippen LogP contribution in [0.15, 0.2) is 28.7 Å². The van der Waals surface area contributed by atoms with Crippen molar-refractivity contribution in [3.8, 4) is 0 Å². The minimum Gasteiger partial charge on any atom is -0.481 e. The Balaban J connectivity index is 2.02. The van der Waals surface area contributed by atoms with Gasteiger partial charge in [-0.2, -0.15) is 0 Å². The Labute approximate surface area is 108 Å². The van der Waals surface area contributed by atoms with E-state index in [0.29, 0.717) is 23.2 Å². The van der Waals surface area contributed by atoms with Gasteiger partial charge in [-0.1, -0.05) is 29.8 Å². The normalized spacial score (nSPS) is 10.5. The predicted molar refractivity (Wildman–Crippen MR) is 64.5 cm³/mol. The van der Waals surface area contributed by atoms with Crippen molar-refractivity contribution < 1.29 is 14.3 Å². The molecule has 2 rings (SSSR count). The summed E-state index contributed by atoms with van der Waals surface area (Å²) >= 11 is 6.02. The van der Waals surface area contributed by atoms with E-state index < -0.39 is 5.97 Å². The number of benzene rings is 1. The summed E-state index contributed by atoms with van der Waals surface area (Å²) in [4.78, 5) is 10.4. The Hall–Kier alpha value is -1.88. The maximum Gasteiger partial charge on any atom is 0.303 e. The molecule has 5 nitrogen and oxygen atoms in total. The van der Waals surface area contributed by atoms with Gasteiger partial charge in [-0.25, -0.2) is 0 Å². The van der Waals surface area contributed by atoms with E-state index in [-0.39, 0.29) is 12.8 Å². The van der Waals surface area contributed by atoms with Crippen LogP contribution in [0.4, 0.5) is 0 Å². The third-order valence-electron chi connectivity index (χ3n) is 2.36. The number of aryl methyl sites for hydroxylation is 1. The van der Waals surface area contributed by atoms with Crippen LogP contribution in [0.25, 0.3) is 0 Å². The molecule has 0 aliphatic carbocycles. The van der Waals surface area contributed by atoms with Crippen molar-refractivity contribution in [3.63, 3.8) is 0 Å². The van der Waals surface area contributed by atoms with Crippen molar-refractivity contribution in [2.45, 2.75) is 19.3 Å². The topological polar surface area (TPSA) is 76.2 Å². The van der Waals surface area contributed by atoms with Gasteiger partial charge in [-0.15, -0.1) is 10.2 Å². The summed E-state index contributed by atoms with van der Waals surface area (Å²) in [5.41, 5.74) is 0.896. The first kappa shape index (κ1) is 12.6. The fourth-order valence-electron chi connectivity index (χ4n) is 1.48. The van der Waals surface area contributed by atoms with E-state index >= 15 is 0 Å². The van der Waals surface area contributed by atoms with Crippen LogP contribution in [-0.2, 0) is 17.6 Å². The van der Waals surface area contributed by atoms with E-state index in [0.717, 1.165) is 5.56 Å². The lowest BCUT2D eigenvalue weighted by molar-refractivity contribution is -0.137. The van der Waals surface area contributed by atoms with Crippen molar-refractivity contribution >= 4 is 17.6 Å². The molecule has 1 aromatic heterocycles. The summed E-state index contributed by atoms with van der Waals surface area (Å²) in [6.07, 6.45) is 0.665. The molecule has 0 aliphatic rings. The molecule has 6 heteroatoms. The summed E-state index contributed by atoms with van der Waals surface area (Å²) in [6, 6.07) is 7.39. The van der Waals surface area contributed by atoms with Crippen molar-refractivity contribution in [2.75, 3.05) is 0 Å². The van der Waals surface area contributed by atoms with E-state index in [1.54, 1.807) is 6.07 Å². The maximum absolute atomic E-state index is 10.4. The molecule has 0 unspecified atom stereocenters. The van der Waals surface area contributed by atoms with E-state index in [9.17, 15) is 4.79 Å². The SMILES string of the molecule is O=C(O)CCc1nnc(Cc2ccccc2Cl)o1. The molecule has 0 spiro atoms. The molecule has 0 aliphatic heterocycles. The number of nitrogens with zero attached hydrogens (tertiary/aromatic N) is 2. The first-order chi connectivity index (χ1) is 8.65. The highest BCUT2D eigenvalue weighted by Gasteiger charge is 2.10. The smallest absolute Gasteiger partial charge is 0.303 e. The number of halogens is 1. The van der Waals surface area contributed by atoms with Gasteiger partial charge in [0.1, 0.15) is 0 Å². The van der Waals surface area contributed by atoms with E-state index in [2.05, 4.69) is 10.2 Å². The van der Waals surface area contributed by atoms with E-state index in [4.69, 9.17) is 21.1 Å². The molecule has 0 fully saturated rings. The zero-order valence-corrected chi connectivity index (χ0v) is 10.2. The van der Waals surface area contributed by atoms with Gasteiger partial charge in [0.15, 0.2) is 0 Å². The third-order valence-corrected chi connectivity index (χ3v) is 2.73. The Morgan fingerprint density at radius 2 is 2.00 bits per heavy atom. The van der Waals surface area contributed by atoms with Crippen molar-refractivity contribution in [1.29, 1.82) is 0 Å². The summed E-state index contributed by atoms with van der Waals surface area (Å²) in [6.45, 7) is 0. The molecule has 0 radical (unpaired) electrons. The minimum absolute atomic E-state index is 0.0201. The Kier molecular flexibility index (Phi) is 3.94. The molecule has 18 heavy (non-hydrogen) atoms. The van der Waals surface area contributed by atoms with Crippen LogP contribution in [0.2, 0.25) is 5.02 Å². The summed E-state index contributed by atoms with van der Waals surface area (Å²) < 4.78 is 5.35. The Morgan fingerprint density at radius 3 is 2.72 bits per heavy atom. The van der Waals surface area contributed by atoms with Gasteiger partial charge < -0.3 is 9.52 Å². The largest absolute Gasteiger partial charge is 0.481 e. The lowest BCUT2D eigenvalue weighted by atomic mass is 10.1. The first-order valence-electron chi connectivity index (χ1n) is 5.41. The lowest BCUT2D eigenvalue weighted by Gasteiger charge is -1.99. The fraction of sp³-hybridized carbons (Fsp3) is 0.250. The minimum atomic E-state index is -0.888. The summed E-state index contributed by atoms with van der Waals surface area (Å²) in [7, 11) is 0. The standard InChI is InChI=1S/C12H11ClN2O3/c13-9-4-2-1-3-8(9)7-11-15-14-10(18-11)5-6-12(16)17/h1-4H,5-7H2,(H,16,17). The zero-order valence-electron chi connectivity index (χ0n) is 9.47. The molecule has 0 atom stereocenters. The quantitative estimate of drug-likeness (QED) is 0.899. The molecule has 1 N–H and O–H groups in total. The molecule has 0 saturated heterocycles. The molecule has 1 aromatic carbocycles. The van der Waals surface area contributed by atoms with Gasteiger partial charge >= 0.3 is 5.97 Å². The molecule has 0 bridgehead atoms. The van der Waals surface area contributed by atoms with Crippen molar-refractivity contribution in [2.24, 2.45) is 0 Å². The molecule has 94 valence electrons. The molecular formula is C12H11ClN2O3. The number of carboxylic acid groups (broad SMARTS) is 1. The number of hydrogen-bond donors (Lipinski definition) is 1. The van der Waals surface area contributed by atoms with Crippen molar-refractivity contribution in [3.05, 3.63) is 46.6 Å². The Bertz CT molecular complexity index is 554. The van der Waals surface area contributed by atoms with Gasteiger partial charge in [0.25, 0.3) is 0 Å².